The Morgan fingerprint density at radius 2 is 1.88 bits per heavy atom. The number of piperazine rings is 1. The molecule has 26 heavy (non-hydrogen) atoms. The molecule has 4 rings (SSSR count). The number of fused-ring (bicyclic) bond motifs is 1. The molecule has 1 aromatic carbocycles. The lowest BCUT2D eigenvalue weighted by Crippen LogP contribution is -2.46. The van der Waals surface area contributed by atoms with Crippen LogP contribution in [0.2, 0.25) is 0 Å². The molecular formula is C20H26N6. The first kappa shape index (κ1) is 17.0. The van der Waals surface area contributed by atoms with Crippen LogP contribution in [0, 0.1) is 0 Å². The molecule has 3 heterocycles. The number of imidazole rings is 1. The number of H-pyrrole nitrogens is 1. The Labute approximate surface area is 154 Å². The van der Waals surface area contributed by atoms with Gasteiger partial charge in [0.05, 0.1) is 5.52 Å². The van der Waals surface area contributed by atoms with Crippen LogP contribution in [0.25, 0.3) is 10.9 Å². The third-order valence-corrected chi connectivity index (χ3v) is 5.04. The van der Waals surface area contributed by atoms with Gasteiger partial charge >= 0.3 is 0 Å². The Balaban J connectivity index is 1.37. The number of rotatable bonds is 6. The summed E-state index contributed by atoms with van der Waals surface area (Å²) in [5.41, 5.74) is 2.23. The zero-order valence-corrected chi connectivity index (χ0v) is 15.4. The van der Waals surface area contributed by atoms with E-state index in [-0.39, 0.29) is 0 Å². The van der Waals surface area contributed by atoms with E-state index in [1.807, 2.05) is 18.3 Å². The van der Waals surface area contributed by atoms with Crippen molar-refractivity contribution < 1.29 is 0 Å². The van der Waals surface area contributed by atoms with E-state index in [1.165, 1.54) is 18.5 Å². The molecule has 136 valence electrons. The van der Waals surface area contributed by atoms with Gasteiger partial charge in [0.25, 0.3) is 0 Å². The highest BCUT2D eigenvalue weighted by atomic mass is 15.3. The maximum Gasteiger partial charge on any atom is 0.139 e. The van der Waals surface area contributed by atoms with Gasteiger partial charge in [-0.05, 0) is 18.6 Å². The van der Waals surface area contributed by atoms with Crippen LogP contribution in [0.3, 0.4) is 0 Å². The molecule has 2 aromatic heterocycles. The van der Waals surface area contributed by atoms with Crippen LogP contribution in [0.4, 0.5) is 5.82 Å². The molecule has 1 fully saturated rings. The van der Waals surface area contributed by atoms with Gasteiger partial charge in [0.15, 0.2) is 0 Å². The summed E-state index contributed by atoms with van der Waals surface area (Å²) in [7, 11) is 0. The predicted molar refractivity (Wildman–Crippen MR) is 104 cm³/mol. The number of aromatic amines is 1. The Bertz CT molecular complexity index is 845. The molecule has 1 aliphatic rings. The summed E-state index contributed by atoms with van der Waals surface area (Å²) < 4.78 is 0. The fraction of sp³-hybridized carbons (Fsp3) is 0.450. The molecule has 0 spiro atoms. The van der Waals surface area contributed by atoms with Gasteiger partial charge in [0, 0.05) is 56.4 Å². The number of anilines is 1. The number of benzene rings is 1. The van der Waals surface area contributed by atoms with E-state index in [4.69, 9.17) is 0 Å². The molecule has 1 saturated heterocycles. The number of nitrogens with zero attached hydrogens (tertiary/aromatic N) is 5. The van der Waals surface area contributed by atoms with Crippen molar-refractivity contribution in [3.05, 3.63) is 48.3 Å². The monoisotopic (exact) mass is 350 g/mol. The highest BCUT2D eigenvalue weighted by Crippen LogP contribution is 2.23. The minimum absolute atomic E-state index is 0.942. The molecule has 0 aliphatic carbocycles. The number of nitrogens with one attached hydrogen (secondary N) is 1. The van der Waals surface area contributed by atoms with Crippen LogP contribution in [0.1, 0.15) is 31.3 Å². The predicted octanol–water partition coefficient (Wildman–Crippen LogP) is 3.02. The minimum Gasteiger partial charge on any atom is -0.353 e. The highest BCUT2D eigenvalue weighted by Gasteiger charge is 2.20. The summed E-state index contributed by atoms with van der Waals surface area (Å²) in [4.78, 5) is 21.8. The van der Waals surface area contributed by atoms with Gasteiger partial charge in [-0.2, -0.15) is 0 Å². The van der Waals surface area contributed by atoms with Crippen LogP contribution in [0.5, 0.6) is 0 Å². The van der Waals surface area contributed by atoms with Gasteiger partial charge in [0.1, 0.15) is 18.0 Å². The van der Waals surface area contributed by atoms with Gasteiger partial charge in [0.2, 0.25) is 0 Å². The highest BCUT2D eigenvalue weighted by molar-refractivity contribution is 5.89. The van der Waals surface area contributed by atoms with E-state index < -0.39 is 0 Å². The van der Waals surface area contributed by atoms with E-state index in [9.17, 15) is 0 Å². The summed E-state index contributed by atoms with van der Waals surface area (Å²) in [5, 5.41) is 1.14. The van der Waals surface area contributed by atoms with Crippen molar-refractivity contribution in [2.45, 2.75) is 32.7 Å². The molecular weight excluding hydrogens is 324 g/mol. The number of hydrogen-bond acceptors (Lipinski definition) is 5. The third-order valence-electron chi connectivity index (χ3n) is 5.04. The second kappa shape index (κ2) is 7.83. The molecule has 0 atom stereocenters. The zero-order chi connectivity index (χ0) is 17.8. The lowest BCUT2D eigenvalue weighted by Gasteiger charge is -2.35. The summed E-state index contributed by atoms with van der Waals surface area (Å²) >= 11 is 0. The van der Waals surface area contributed by atoms with Crippen molar-refractivity contribution in [2.24, 2.45) is 0 Å². The van der Waals surface area contributed by atoms with Gasteiger partial charge < -0.3 is 9.88 Å². The Morgan fingerprint density at radius 3 is 2.73 bits per heavy atom. The fourth-order valence-electron chi connectivity index (χ4n) is 3.56. The zero-order valence-electron chi connectivity index (χ0n) is 15.4. The first-order valence-electron chi connectivity index (χ1n) is 9.53. The fourth-order valence-corrected chi connectivity index (χ4v) is 3.56. The molecule has 6 nitrogen and oxygen atoms in total. The van der Waals surface area contributed by atoms with Crippen LogP contribution < -0.4 is 4.90 Å². The van der Waals surface area contributed by atoms with E-state index >= 15 is 0 Å². The number of aryl methyl sites for hydroxylation is 1. The van der Waals surface area contributed by atoms with E-state index in [2.05, 4.69) is 48.8 Å². The molecule has 6 heteroatoms. The first-order valence-corrected chi connectivity index (χ1v) is 9.53. The van der Waals surface area contributed by atoms with Crippen LogP contribution >= 0.6 is 0 Å². The number of hydrogen-bond donors (Lipinski definition) is 1. The lowest BCUT2D eigenvalue weighted by atomic mass is 10.2. The molecule has 0 bridgehead atoms. The summed E-state index contributed by atoms with van der Waals surface area (Å²) in [5.74, 6) is 2.17. The SMILES string of the molecule is CCCCc1ncc(CN2CCN(c3ncnc4ccccc34)CC2)[nH]1. The van der Waals surface area contributed by atoms with Crippen molar-refractivity contribution in [3.63, 3.8) is 0 Å². The van der Waals surface area contributed by atoms with Crippen molar-refractivity contribution in [2.75, 3.05) is 31.1 Å². The second-order valence-electron chi connectivity index (χ2n) is 6.94. The average molecular weight is 350 g/mol. The number of aromatic nitrogens is 4. The standard InChI is InChI=1S/C20H26N6/c1-2-3-8-19-21-13-16(24-19)14-25-9-11-26(12-10-25)20-17-6-4-5-7-18(17)22-15-23-20/h4-7,13,15H,2-3,8-12,14H2,1H3,(H,21,24). The summed E-state index contributed by atoms with van der Waals surface area (Å²) in [6.07, 6.45) is 7.11. The van der Waals surface area contributed by atoms with Crippen molar-refractivity contribution >= 4 is 16.7 Å². The smallest absolute Gasteiger partial charge is 0.139 e. The van der Waals surface area contributed by atoms with Crippen LogP contribution in [-0.4, -0.2) is 51.0 Å². The minimum atomic E-state index is 0.942. The molecule has 0 amide bonds. The van der Waals surface area contributed by atoms with E-state index in [1.54, 1.807) is 6.33 Å². The van der Waals surface area contributed by atoms with Gasteiger partial charge in [-0.1, -0.05) is 25.5 Å². The quantitative estimate of drug-likeness (QED) is 0.740. The van der Waals surface area contributed by atoms with E-state index in [0.717, 1.165) is 61.7 Å². The first-order chi connectivity index (χ1) is 12.8. The Hall–Kier alpha value is -2.47. The normalized spacial score (nSPS) is 15.7. The van der Waals surface area contributed by atoms with Crippen molar-refractivity contribution in [1.29, 1.82) is 0 Å². The number of unbranched alkanes of at least 4 members (excludes halogenated alkanes) is 1. The molecule has 0 radical (unpaired) electrons. The summed E-state index contributed by atoms with van der Waals surface area (Å²) in [6.45, 7) is 7.18. The Kier molecular flexibility index (Phi) is 5.11. The van der Waals surface area contributed by atoms with Gasteiger partial charge in [-0.3, -0.25) is 4.90 Å². The largest absolute Gasteiger partial charge is 0.353 e. The molecule has 0 unspecified atom stereocenters. The molecule has 3 aromatic rings. The lowest BCUT2D eigenvalue weighted by molar-refractivity contribution is 0.247. The van der Waals surface area contributed by atoms with Crippen LogP contribution in [-0.2, 0) is 13.0 Å². The summed E-state index contributed by atoms with van der Waals surface area (Å²) in [6, 6.07) is 8.24. The molecule has 0 saturated carbocycles. The number of para-hydroxylation sites is 1. The topological polar surface area (TPSA) is 60.9 Å². The Morgan fingerprint density at radius 1 is 1.04 bits per heavy atom. The van der Waals surface area contributed by atoms with Crippen molar-refractivity contribution in [3.8, 4) is 0 Å². The van der Waals surface area contributed by atoms with E-state index in [0.29, 0.717) is 0 Å². The third kappa shape index (κ3) is 3.70. The van der Waals surface area contributed by atoms with Gasteiger partial charge in [-0.15, -0.1) is 0 Å². The molecule has 1 aliphatic heterocycles. The average Bonchev–Trinajstić information content (AvgIpc) is 3.14. The molecule has 1 N–H and O–H groups in total. The maximum absolute atomic E-state index is 4.55. The second-order valence-corrected chi connectivity index (χ2v) is 6.94. The van der Waals surface area contributed by atoms with Crippen LogP contribution in [0.15, 0.2) is 36.8 Å². The maximum atomic E-state index is 4.55. The van der Waals surface area contributed by atoms with Crippen molar-refractivity contribution in [1.82, 2.24) is 24.8 Å². The van der Waals surface area contributed by atoms with Gasteiger partial charge in [-0.25, -0.2) is 15.0 Å².